The smallest absolute Gasteiger partial charge is 0.147 e. The van der Waals surface area contributed by atoms with Gasteiger partial charge in [0, 0.05) is 6.42 Å². The topological polar surface area (TPSA) is 51.2 Å². The maximum atomic E-state index is 11.1. The highest BCUT2D eigenvalue weighted by molar-refractivity contribution is 6.06. The van der Waals surface area contributed by atoms with Crippen LogP contribution in [0.1, 0.15) is 40.0 Å². The summed E-state index contributed by atoms with van der Waals surface area (Å²) in [5, 5.41) is 0. The second-order valence-corrected chi connectivity index (χ2v) is 3.73. The molecule has 0 N–H and O–H groups in total. The Labute approximate surface area is 78.5 Å². The van der Waals surface area contributed by atoms with E-state index in [0.717, 1.165) is 0 Å². The molecule has 0 aliphatic heterocycles. The van der Waals surface area contributed by atoms with E-state index in [0.29, 0.717) is 6.42 Å². The highest BCUT2D eigenvalue weighted by Gasteiger charge is 2.12. The van der Waals surface area contributed by atoms with Gasteiger partial charge in [-0.25, -0.2) is 0 Å². The summed E-state index contributed by atoms with van der Waals surface area (Å²) in [6.45, 7) is 5.20. The van der Waals surface area contributed by atoms with Crippen molar-refractivity contribution in [3.05, 3.63) is 0 Å². The quantitative estimate of drug-likeness (QED) is 0.588. The summed E-state index contributed by atoms with van der Waals surface area (Å²) in [5.41, 5.74) is 0. The Bertz CT molecular complexity index is 216. The molecule has 0 aromatic carbocycles. The number of hydrogen-bond acceptors (Lipinski definition) is 3. The van der Waals surface area contributed by atoms with Crippen LogP contribution in [0.25, 0.3) is 0 Å². The van der Waals surface area contributed by atoms with Crippen LogP contribution in [-0.2, 0) is 14.4 Å². The lowest BCUT2D eigenvalue weighted by atomic mass is 10.0. The lowest BCUT2D eigenvalue weighted by molar-refractivity contribution is -0.129. The average Bonchev–Trinajstić information content (AvgIpc) is 1.80. The van der Waals surface area contributed by atoms with Gasteiger partial charge in [0.05, 0.1) is 12.8 Å². The summed E-state index contributed by atoms with van der Waals surface area (Å²) in [7, 11) is 0. The SMILES string of the molecule is CC(=O)CC(=O)CC(=O)CC(C)C. The second-order valence-electron chi connectivity index (χ2n) is 3.73. The maximum absolute atomic E-state index is 11.1. The molecular weight excluding hydrogens is 168 g/mol. The molecule has 74 valence electrons. The molecule has 3 heteroatoms. The van der Waals surface area contributed by atoms with Gasteiger partial charge >= 0.3 is 0 Å². The van der Waals surface area contributed by atoms with Crippen molar-refractivity contribution < 1.29 is 14.4 Å². The molecule has 0 amide bonds. The Kier molecular flexibility index (Phi) is 5.19. The van der Waals surface area contributed by atoms with Crippen molar-refractivity contribution in [1.29, 1.82) is 0 Å². The first-order valence-corrected chi connectivity index (χ1v) is 4.44. The predicted molar refractivity (Wildman–Crippen MR) is 49.4 cm³/mol. The Hall–Kier alpha value is -0.990. The molecule has 0 aromatic rings. The summed E-state index contributed by atoms with van der Waals surface area (Å²) in [4.78, 5) is 32.6. The molecule has 0 unspecified atom stereocenters. The van der Waals surface area contributed by atoms with Crippen LogP contribution >= 0.6 is 0 Å². The van der Waals surface area contributed by atoms with E-state index in [9.17, 15) is 14.4 Å². The van der Waals surface area contributed by atoms with Gasteiger partial charge in [-0.2, -0.15) is 0 Å². The zero-order valence-corrected chi connectivity index (χ0v) is 8.42. The fourth-order valence-electron chi connectivity index (χ4n) is 1.09. The van der Waals surface area contributed by atoms with Crippen molar-refractivity contribution in [2.45, 2.75) is 40.0 Å². The monoisotopic (exact) mass is 184 g/mol. The lowest BCUT2D eigenvalue weighted by Gasteiger charge is -2.01. The number of carbonyl (C=O) groups excluding carboxylic acids is 3. The van der Waals surface area contributed by atoms with Crippen molar-refractivity contribution in [3.8, 4) is 0 Å². The van der Waals surface area contributed by atoms with Crippen LogP contribution in [-0.4, -0.2) is 17.3 Å². The molecular formula is C10H16O3. The summed E-state index contributed by atoms with van der Waals surface area (Å²) in [6.07, 6.45) is 0.227. The first-order valence-electron chi connectivity index (χ1n) is 4.44. The molecule has 0 aromatic heterocycles. The third-order valence-corrected chi connectivity index (χ3v) is 1.48. The maximum Gasteiger partial charge on any atom is 0.147 e. The second kappa shape index (κ2) is 5.62. The van der Waals surface area contributed by atoms with Gasteiger partial charge in [0.25, 0.3) is 0 Å². The molecule has 0 saturated heterocycles. The van der Waals surface area contributed by atoms with Gasteiger partial charge in [0.1, 0.15) is 17.3 Å². The van der Waals surface area contributed by atoms with Gasteiger partial charge in [0.15, 0.2) is 0 Å². The van der Waals surface area contributed by atoms with E-state index in [1.165, 1.54) is 6.92 Å². The molecule has 0 spiro atoms. The zero-order chi connectivity index (χ0) is 10.4. The minimum atomic E-state index is -0.266. The van der Waals surface area contributed by atoms with Gasteiger partial charge in [0.2, 0.25) is 0 Å². The lowest BCUT2D eigenvalue weighted by Crippen LogP contribution is -2.12. The Balaban J connectivity index is 3.79. The normalized spacial score (nSPS) is 10.2. The Morgan fingerprint density at radius 3 is 1.92 bits per heavy atom. The van der Waals surface area contributed by atoms with Gasteiger partial charge in [-0.05, 0) is 12.8 Å². The highest BCUT2D eigenvalue weighted by atomic mass is 16.2. The van der Waals surface area contributed by atoms with Gasteiger partial charge < -0.3 is 0 Å². The summed E-state index contributed by atoms with van der Waals surface area (Å²) >= 11 is 0. The van der Waals surface area contributed by atoms with E-state index in [-0.39, 0.29) is 36.1 Å². The van der Waals surface area contributed by atoms with Crippen LogP contribution in [0.15, 0.2) is 0 Å². The van der Waals surface area contributed by atoms with Gasteiger partial charge in [-0.3, -0.25) is 14.4 Å². The van der Waals surface area contributed by atoms with E-state index in [1.54, 1.807) is 0 Å². The molecule has 0 rings (SSSR count). The third kappa shape index (κ3) is 7.37. The third-order valence-electron chi connectivity index (χ3n) is 1.48. The van der Waals surface area contributed by atoms with E-state index in [4.69, 9.17) is 0 Å². The van der Waals surface area contributed by atoms with E-state index in [2.05, 4.69) is 0 Å². The average molecular weight is 184 g/mol. The number of Topliss-reactive ketones (excluding diaryl/α,β-unsaturated/α-hetero) is 3. The number of carbonyl (C=O) groups is 3. The summed E-state index contributed by atoms with van der Waals surface area (Å²) < 4.78 is 0. The van der Waals surface area contributed by atoms with E-state index in [1.807, 2.05) is 13.8 Å². The molecule has 0 heterocycles. The molecule has 0 fully saturated rings. The molecule has 0 atom stereocenters. The van der Waals surface area contributed by atoms with Crippen LogP contribution in [0.3, 0.4) is 0 Å². The van der Waals surface area contributed by atoms with Crippen molar-refractivity contribution in [2.75, 3.05) is 0 Å². The number of ketones is 3. The molecule has 0 bridgehead atoms. The van der Waals surface area contributed by atoms with Crippen molar-refractivity contribution in [2.24, 2.45) is 5.92 Å². The predicted octanol–water partition coefficient (Wildman–Crippen LogP) is 1.54. The van der Waals surface area contributed by atoms with Crippen LogP contribution in [0.5, 0.6) is 0 Å². The molecule has 0 radical (unpaired) electrons. The molecule has 13 heavy (non-hydrogen) atoms. The molecule has 0 aliphatic rings. The van der Waals surface area contributed by atoms with Gasteiger partial charge in [-0.1, -0.05) is 13.8 Å². The Morgan fingerprint density at radius 1 is 1.00 bits per heavy atom. The Morgan fingerprint density at radius 2 is 1.54 bits per heavy atom. The highest BCUT2D eigenvalue weighted by Crippen LogP contribution is 2.04. The zero-order valence-electron chi connectivity index (χ0n) is 8.42. The largest absolute Gasteiger partial charge is 0.300 e. The van der Waals surface area contributed by atoms with Crippen molar-refractivity contribution in [1.82, 2.24) is 0 Å². The minimum absolute atomic E-state index is 0.0683. The first kappa shape index (κ1) is 12.0. The summed E-state index contributed by atoms with van der Waals surface area (Å²) in [5.74, 6) is -0.237. The first-order chi connectivity index (χ1) is 5.91. The van der Waals surface area contributed by atoms with Crippen LogP contribution in [0.4, 0.5) is 0 Å². The van der Waals surface area contributed by atoms with Crippen LogP contribution < -0.4 is 0 Å². The van der Waals surface area contributed by atoms with E-state index >= 15 is 0 Å². The van der Waals surface area contributed by atoms with E-state index < -0.39 is 0 Å². The fraction of sp³-hybridized carbons (Fsp3) is 0.700. The van der Waals surface area contributed by atoms with Gasteiger partial charge in [-0.15, -0.1) is 0 Å². The minimum Gasteiger partial charge on any atom is -0.300 e. The fourth-order valence-corrected chi connectivity index (χ4v) is 1.09. The molecule has 0 saturated carbocycles. The molecule has 0 aliphatic carbocycles. The molecule has 3 nitrogen and oxygen atoms in total. The number of hydrogen-bond donors (Lipinski definition) is 0. The summed E-state index contributed by atoms with van der Waals surface area (Å²) in [6, 6.07) is 0. The standard InChI is InChI=1S/C10H16O3/c1-7(2)4-9(12)6-10(13)5-8(3)11/h7H,4-6H2,1-3H3. The van der Waals surface area contributed by atoms with Crippen molar-refractivity contribution in [3.63, 3.8) is 0 Å². The number of rotatable bonds is 6. The van der Waals surface area contributed by atoms with Crippen molar-refractivity contribution >= 4 is 17.3 Å². The van der Waals surface area contributed by atoms with Crippen LogP contribution in [0, 0.1) is 5.92 Å². The van der Waals surface area contributed by atoms with Crippen LogP contribution in [0.2, 0.25) is 0 Å².